The molecule has 1 aromatic rings. The van der Waals surface area contributed by atoms with Gasteiger partial charge < -0.3 is 4.74 Å². The fraction of sp³-hybridized carbons (Fsp3) is 0.273. The number of esters is 1. The number of carbonyl (C=O) groups excluding carboxylic acids is 2. The van der Waals surface area contributed by atoms with E-state index in [1.807, 2.05) is 0 Å². The number of alkyl halides is 3. The smallest absolute Gasteiger partial charge is 0.338 e. The van der Waals surface area contributed by atoms with Gasteiger partial charge in [0.25, 0.3) is 6.43 Å². The zero-order valence-corrected chi connectivity index (χ0v) is 10.7. The monoisotopic (exact) mass is 324 g/mol. The summed E-state index contributed by atoms with van der Waals surface area (Å²) in [6, 6.07) is 3.71. The molecule has 0 fully saturated rings. The highest BCUT2D eigenvalue weighted by Gasteiger charge is 2.31. The molecule has 7 heteroatoms. The summed E-state index contributed by atoms with van der Waals surface area (Å²) in [7, 11) is 1.07. The lowest BCUT2D eigenvalue weighted by Crippen LogP contribution is -2.25. The van der Waals surface area contributed by atoms with Crippen LogP contribution in [0.4, 0.5) is 13.2 Å². The van der Waals surface area contributed by atoms with E-state index in [4.69, 9.17) is 0 Å². The number of rotatable bonds is 4. The third kappa shape index (κ3) is 3.10. The van der Waals surface area contributed by atoms with Gasteiger partial charge in [0.1, 0.15) is 0 Å². The van der Waals surface area contributed by atoms with E-state index >= 15 is 0 Å². The van der Waals surface area contributed by atoms with E-state index in [0.29, 0.717) is 4.47 Å². The van der Waals surface area contributed by atoms with E-state index in [2.05, 4.69) is 20.7 Å². The lowest BCUT2D eigenvalue weighted by molar-refractivity contribution is 0.0404. The first kappa shape index (κ1) is 14.7. The van der Waals surface area contributed by atoms with Gasteiger partial charge in [-0.05, 0) is 18.2 Å². The minimum Gasteiger partial charge on any atom is -0.465 e. The van der Waals surface area contributed by atoms with Crippen molar-refractivity contribution in [1.29, 1.82) is 0 Å². The molecule has 3 nitrogen and oxygen atoms in total. The summed E-state index contributed by atoms with van der Waals surface area (Å²) in [5.41, 5.74) is -0.696. The van der Waals surface area contributed by atoms with Crippen molar-refractivity contribution in [2.45, 2.75) is 12.6 Å². The molecule has 0 spiro atoms. The van der Waals surface area contributed by atoms with Crippen molar-refractivity contribution in [2.75, 3.05) is 7.11 Å². The minimum atomic E-state index is -3.44. The fourth-order valence-electron chi connectivity index (χ4n) is 1.27. The molecule has 0 aliphatic rings. The Kier molecular flexibility index (Phi) is 4.89. The van der Waals surface area contributed by atoms with Gasteiger partial charge in [-0.1, -0.05) is 15.9 Å². The van der Waals surface area contributed by atoms with Crippen LogP contribution in [0, 0.1) is 0 Å². The number of ketones is 1. The van der Waals surface area contributed by atoms with Crippen LogP contribution in [-0.2, 0) is 4.74 Å². The molecule has 1 atom stereocenters. The van der Waals surface area contributed by atoms with Crippen LogP contribution in [0.3, 0.4) is 0 Å². The molecule has 0 radical (unpaired) electrons. The SMILES string of the molecule is COC(=O)c1ccc(Br)cc1C(=O)C(F)C(F)F. The quantitative estimate of drug-likeness (QED) is 0.631. The van der Waals surface area contributed by atoms with Crippen LogP contribution >= 0.6 is 15.9 Å². The largest absolute Gasteiger partial charge is 0.465 e. The van der Waals surface area contributed by atoms with Gasteiger partial charge in [0.2, 0.25) is 12.0 Å². The molecule has 0 heterocycles. The summed E-state index contributed by atoms with van der Waals surface area (Å²) in [5.74, 6) is -2.35. The first-order valence-electron chi connectivity index (χ1n) is 4.72. The van der Waals surface area contributed by atoms with E-state index in [-0.39, 0.29) is 5.56 Å². The number of hydrogen-bond donors (Lipinski definition) is 0. The van der Waals surface area contributed by atoms with Crippen LogP contribution in [-0.4, -0.2) is 31.5 Å². The zero-order chi connectivity index (χ0) is 13.9. The van der Waals surface area contributed by atoms with Gasteiger partial charge in [-0.2, -0.15) is 0 Å². The molecule has 0 saturated heterocycles. The van der Waals surface area contributed by atoms with Crippen molar-refractivity contribution >= 4 is 27.7 Å². The Labute approximate surface area is 109 Å². The number of benzene rings is 1. The standard InChI is InChI=1S/C11H8BrF3O3/c1-18-11(17)6-3-2-5(12)4-7(6)9(16)8(13)10(14)15/h2-4,8,10H,1H3. The topological polar surface area (TPSA) is 43.4 Å². The van der Waals surface area contributed by atoms with Crippen molar-refractivity contribution in [1.82, 2.24) is 0 Å². The first-order valence-corrected chi connectivity index (χ1v) is 5.52. The zero-order valence-electron chi connectivity index (χ0n) is 9.12. The number of carbonyl (C=O) groups is 2. The van der Waals surface area contributed by atoms with Gasteiger partial charge in [0.15, 0.2) is 0 Å². The van der Waals surface area contributed by atoms with Crippen LogP contribution in [0.2, 0.25) is 0 Å². The second-order valence-corrected chi connectivity index (χ2v) is 4.20. The Morgan fingerprint density at radius 2 is 1.83 bits per heavy atom. The van der Waals surface area contributed by atoms with Crippen LogP contribution < -0.4 is 0 Å². The Morgan fingerprint density at radius 1 is 1.22 bits per heavy atom. The lowest BCUT2D eigenvalue weighted by Gasteiger charge is -2.10. The van der Waals surface area contributed by atoms with E-state index < -0.39 is 29.9 Å². The summed E-state index contributed by atoms with van der Waals surface area (Å²) < 4.78 is 42.1. The first-order chi connectivity index (χ1) is 8.38. The Hall–Kier alpha value is -1.37. The normalized spacial score (nSPS) is 12.3. The Morgan fingerprint density at radius 3 is 2.33 bits per heavy atom. The van der Waals surface area contributed by atoms with Gasteiger partial charge in [0.05, 0.1) is 12.7 Å². The van der Waals surface area contributed by atoms with Crippen LogP contribution in [0.25, 0.3) is 0 Å². The highest BCUT2D eigenvalue weighted by Crippen LogP contribution is 2.21. The second-order valence-electron chi connectivity index (χ2n) is 3.28. The predicted octanol–water partition coefficient (Wildman–Crippen LogP) is 3.02. The van der Waals surface area contributed by atoms with Crippen LogP contribution in [0.5, 0.6) is 0 Å². The van der Waals surface area contributed by atoms with E-state index in [0.717, 1.165) is 13.2 Å². The molecule has 0 saturated carbocycles. The van der Waals surface area contributed by atoms with Gasteiger partial charge in [0, 0.05) is 10.0 Å². The van der Waals surface area contributed by atoms with Crippen LogP contribution in [0.15, 0.2) is 22.7 Å². The summed E-state index contributed by atoms with van der Waals surface area (Å²) >= 11 is 3.01. The summed E-state index contributed by atoms with van der Waals surface area (Å²) in [6.45, 7) is 0. The molecule has 98 valence electrons. The third-order valence-electron chi connectivity index (χ3n) is 2.12. The molecular formula is C11H8BrF3O3. The number of methoxy groups -OCH3 is 1. The molecule has 1 rings (SSSR count). The van der Waals surface area contributed by atoms with Crippen molar-refractivity contribution in [2.24, 2.45) is 0 Å². The lowest BCUT2D eigenvalue weighted by atomic mass is 10.0. The summed E-state index contributed by atoms with van der Waals surface area (Å²) in [6.07, 6.45) is -6.41. The number of ether oxygens (including phenoxy) is 1. The van der Waals surface area contributed by atoms with Crippen molar-refractivity contribution in [3.05, 3.63) is 33.8 Å². The molecular weight excluding hydrogens is 317 g/mol. The average Bonchev–Trinajstić information content (AvgIpc) is 2.35. The molecule has 1 unspecified atom stereocenters. The maximum atomic E-state index is 13.0. The third-order valence-corrected chi connectivity index (χ3v) is 2.62. The molecule has 0 bridgehead atoms. The average molecular weight is 325 g/mol. The van der Waals surface area contributed by atoms with Crippen molar-refractivity contribution in [3.8, 4) is 0 Å². The maximum Gasteiger partial charge on any atom is 0.338 e. The predicted molar refractivity (Wildman–Crippen MR) is 60.7 cm³/mol. The van der Waals surface area contributed by atoms with Gasteiger partial charge in [-0.15, -0.1) is 0 Å². The van der Waals surface area contributed by atoms with E-state index in [1.165, 1.54) is 12.1 Å². The highest BCUT2D eigenvalue weighted by molar-refractivity contribution is 9.10. The van der Waals surface area contributed by atoms with Crippen LogP contribution in [0.1, 0.15) is 20.7 Å². The van der Waals surface area contributed by atoms with E-state index in [1.54, 1.807) is 0 Å². The number of halogens is 4. The Bertz CT molecular complexity index is 477. The number of Topliss-reactive ketones (excluding diaryl/α,β-unsaturated/α-hetero) is 1. The van der Waals surface area contributed by atoms with E-state index in [9.17, 15) is 22.8 Å². The molecule has 18 heavy (non-hydrogen) atoms. The molecule has 0 aliphatic carbocycles. The molecule has 0 N–H and O–H groups in total. The molecule has 0 aromatic heterocycles. The summed E-state index contributed by atoms with van der Waals surface area (Å²) in [4.78, 5) is 22.8. The maximum absolute atomic E-state index is 13.0. The van der Waals surface area contributed by atoms with Gasteiger partial charge >= 0.3 is 5.97 Å². The van der Waals surface area contributed by atoms with Crippen molar-refractivity contribution < 1.29 is 27.5 Å². The molecule has 0 amide bonds. The minimum absolute atomic E-state index is 0.256. The van der Waals surface area contributed by atoms with Gasteiger partial charge in [-0.3, -0.25) is 4.79 Å². The molecule has 0 aliphatic heterocycles. The molecule has 1 aromatic carbocycles. The van der Waals surface area contributed by atoms with Crippen molar-refractivity contribution in [3.63, 3.8) is 0 Å². The second kappa shape index (κ2) is 5.99. The summed E-state index contributed by atoms with van der Waals surface area (Å²) in [5, 5.41) is 0. The van der Waals surface area contributed by atoms with Gasteiger partial charge in [-0.25, -0.2) is 18.0 Å². The number of hydrogen-bond acceptors (Lipinski definition) is 3. The fourth-order valence-corrected chi connectivity index (χ4v) is 1.63. The highest BCUT2D eigenvalue weighted by atomic mass is 79.9. The Balaban J connectivity index is 3.25.